The van der Waals surface area contributed by atoms with E-state index < -0.39 is 0 Å². The molecule has 0 atom stereocenters. The Bertz CT molecular complexity index is 779. The third-order valence-corrected chi connectivity index (χ3v) is 3.27. The van der Waals surface area contributed by atoms with E-state index in [0.717, 1.165) is 17.2 Å². The van der Waals surface area contributed by atoms with Crippen LogP contribution in [-0.4, -0.2) is 11.3 Å². The molecule has 3 rings (SSSR count). The van der Waals surface area contributed by atoms with Crippen LogP contribution in [0.5, 0.6) is 0 Å². The first-order chi connectivity index (χ1) is 9.19. The van der Waals surface area contributed by atoms with Crippen LogP contribution in [0.1, 0.15) is 10.4 Å². The summed E-state index contributed by atoms with van der Waals surface area (Å²) in [5.41, 5.74) is 2.52. The maximum absolute atomic E-state index is 13.3. The van der Waals surface area contributed by atoms with Crippen molar-refractivity contribution in [1.82, 2.24) is 4.98 Å². The minimum Gasteiger partial charge on any atom is -0.354 e. The summed E-state index contributed by atoms with van der Waals surface area (Å²) in [6.07, 6.45) is 0.759. The number of aromatic nitrogens is 1. The number of aromatic amines is 1. The number of rotatable bonds is 2. The Morgan fingerprint density at radius 2 is 2.00 bits per heavy atom. The fourth-order valence-electron chi connectivity index (χ4n) is 2.18. The second kappa shape index (κ2) is 4.52. The number of fused-ring (bicyclic) bond motifs is 1. The van der Waals surface area contributed by atoms with Crippen LogP contribution in [0.15, 0.2) is 42.5 Å². The van der Waals surface area contributed by atoms with Crippen LogP contribution in [0.2, 0.25) is 5.02 Å². The van der Waals surface area contributed by atoms with Crippen LogP contribution in [0.3, 0.4) is 0 Å². The first-order valence-corrected chi connectivity index (χ1v) is 6.09. The molecule has 0 saturated heterocycles. The maximum atomic E-state index is 13.3. The zero-order valence-electron chi connectivity index (χ0n) is 9.78. The minimum atomic E-state index is -0.342. The first kappa shape index (κ1) is 11.9. The Morgan fingerprint density at radius 1 is 1.16 bits per heavy atom. The SMILES string of the molecule is O=Cc1c(-c2cccc(F)c2)[nH]c2ccc(Cl)cc12. The molecule has 0 amide bonds. The highest BCUT2D eigenvalue weighted by Gasteiger charge is 2.13. The van der Waals surface area contributed by atoms with Gasteiger partial charge in [0.15, 0.2) is 6.29 Å². The van der Waals surface area contributed by atoms with Crippen LogP contribution in [0.25, 0.3) is 22.2 Å². The molecule has 94 valence electrons. The molecule has 0 aliphatic rings. The first-order valence-electron chi connectivity index (χ1n) is 5.71. The zero-order chi connectivity index (χ0) is 13.4. The molecular weight excluding hydrogens is 265 g/mol. The molecule has 19 heavy (non-hydrogen) atoms. The second-order valence-corrected chi connectivity index (χ2v) is 4.67. The number of halogens is 2. The predicted octanol–water partition coefficient (Wildman–Crippen LogP) is 4.44. The molecule has 0 unspecified atom stereocenters. The van der Waals surface area contributed by atoms with Crippen LogP contribution in [0.4, 0.5) is 4.39 Å². The van der Waals surface area contributed by atoms with Gasteiger partial charge in [0.2, 0.25) is 0 Å². The van der Waals surface area contributed by atoms with Crippen LogP contribution < -0.4 is 0 Å². The van der Waals surface area contributed by atoms with Gasteiger partial charge in [0, 0.05) is 27.1 Å². The molecule has 1 heterocycles. The van der Waals surface area contributed by atoms with Crippen LogP contribution in [-0.2, 0) is 0 Å². The highest BCUT2D eigenvalue weighted by Crippen LogP contribution is 2.30. The Hall–Kier alpha value is -2.13. The molecule has 0 spiro atoms. The van der Waals surface area contributed by atoms with E-state index in [0.29, 0.717) is 21.8 Å². The van der Waals surface area contributed by atoms with Crippen molar-refractivity contribution in [2.75, 3.05) is 0 Å². The Balaban J connectivity index is 2.32. The van der Waals surface area contributed by atoms with Gasteiger partial charge in [-0.15, -0.1) is 0 Å². The lowest BCUT2D eigenvalue weighted by molar-refractivity contribution is 0.112. The molecule has 0 aliphatic carbocycles. The van der Waals surface area contributed by atoms with Gasteiger partial charge in [-0.1, -0.05) is 23.7 Å². The third-order valence-electron chi connectivity index (χ3n) is 3.03. The average Bonchev–Trinajstić information content (AvgIpc) is 2.76. The van der Waals surface area contributed by atoms with Gasteiger partial charge in [-0.05, 0) is 30.3 Å². The van der Waals surface area contributed by atoms with Gasteiger partial charge in [-0.2, -0.15) is 0 Å². The van der Waals surface area contributed by atoms with E-state index in [-0.39, 0.29) is 5.82 Å². The number of carbonyl (C=O) groups is 1. The monoisotopic (exact) mass is 273 g/mol. The third kappa shape index (κ3) is 2.02. The molecule has 0 bridgehead atoms. The summed E-state index contributed by atoms with van der Waals surface area (Å²) in [6, 6.07) is 11.4. The molecule has 4 heteroatoms. The zero-order valence-corrected chi connectivity index (χ0v) is 10.5. The van der Waals surface area contributed by atoms with Crippen molar-refractivity contribution in [3.05, 3.63) is 58.9 Å². The van der Waals surface area contributed by atoms with E-state index in [9.17, 15) is 9.18 Å². The number of carbonyl (C=O) groups excluding carboxylic acids is 1. The molecule has 1 N–H and O–H groups in total. The lowest BCUT2D eigenvalue weighted by atomic mass is 10.1. The highest BCUT2D eigenvalue weighted by atomic mass is 35.5. The summed E-state index contributed by atoms with van der Waals surface area (Å²) >= 11 is 5.94. The summed E-state index contributed by atoms with van der Waals surface area (Å²) in [7, 11) is 0. The van der Waals surface area contributed by atoms with Crippen LogP contribution >= 0.6 is 11.6 Å². The summed E-state index contributed by atoms with van der Waals surface area (Å²) in [4.78, 5) is 14.4. The van der Waals surface area contributed by atoms with Crippen molar-refractivity contribution in [3.8, 4) is 11.3 Å². The summed E-state index contributed by atoms with van der Waals surface area (Å²) in [5, 5.41) is 1.29. The molecule has 3 aromatic rings. The number of aldehydes is 1. The number of benzene rings is 2. The van der Waals surface area contributed by atoms with Crippen molar-refractivity contribution >= 4 is 28.8 Å². The second-order valence-electron chi connectivity index (χ2n) is 4.23. The lowest BCUT2D eigenvalue weighted by Gasteiger charge is -1.99. The fourth-order valence-corrected chi connectivity index (χ4v) is 2.35. The molecule has 1 aromatic heterocycles. The van der Waals surface area contributed by atoms with Gasteiger partial charge in [0.25, 0.3) is 0 Å². The van der Waals surface area contributed by atoms with Crippen molar-refractivity contribution in [2.24, 2.45) is 0 Å². The van der Waals surface area contributed by atoms with E-state index in [1.165, 1.54) is 12.1 Å². The van der Waals surface area contributed by atoms with Crippen molar-refractivity contribution in [2.45, 2.75) is 0 Å². The largest absolute Gasteiger partial charge is 0.354 e. The van der Waals surface area contributed by atoms with E-state index in [2.05, 4.69) is 4.98 Å². The average molecular weight is 274 g/mol. The standard InChI is InChI=1S/C15H9ClFNO/c16-10-4-5-14-12(7-10)13(8-19)15(18-14)9-2-1-3-11(17)6-9/h1-8,18H. The fraction of sp³-hybridized carbons (Fsp3) is 0. The van der Waals surface area contributed by atoms with Crippen molar-refractivity contribution in [3.63, 3.8) is 0 Å². The number of H-pyrrole nitrogens is 1. The van der Waals surface area contributed by atoms with E-state index in [1.807, 2.05) is 0 Å². The minimum absolute atomic E-state index is 0.342. The normalized spacial score (nSPS) is 10.8. The molecule has 0 radical (unpaired) electrons. The van der Waals surface area contributed by atoms with Crippen LogP contribution in [0, 0.1) is 5.82 Å². The van der Waals surface area contributed by atoms with E-state index in [1.54, 1.807) is 30.3 Å². The predicted molar refractivity (Wildman–Crippen MR) is 74.1 cm³/mol. The van der Waals surface area contributed by atoms with Crippen molar-refractivity contribution < 1.29 is 9.18 Å². The topological polar surface area (TPSA) is 32.9 Å². The van der Waals surface area contributed by atoms with Gasteiger partial charge >= 0.3 is 0 Å². The number of nitrogens with one attached hydrogen (secondary N) is 1. The number of hydrogen-bond acceptors (Lipinski definition) is 1. The van der Waals surface area contributed by atoms with Gasteiger partial charge in [0.1, 0.15) is 5.82 Å². The smallest absolute Gasteiger partial charge is 0.152 e. The Morgan fingerprint density at radius 3 is 2.74 bits per heavy atom. The Labute approximate surface area is 113 Å². The lowest BCUT2D eigenvalue weighted by Crippen LogP contribution is -1.85. The van der Waals surface area contributed by atoms with Gasteiger partial charge in [0.05, 0.1) is 5.69 Å². The van der Waals surface area contributed by atoms with Gasteiger partial charge in [-0.3, -0.25) is 4.79 Å². The quantitative estimate of drug-likeness (QED) is 0.688. The Kier molecular flexibility index (Phi) is 2.84. The van der Waals surface area contributed by atoms with E-state index in [4.69, 9.17) is 11.6 Å². The molecule has 0 fully saturated rings. The molecular formula is C15H9ClFNO. The summed E-state index contributed by atoms with van der Waals surface area (Å²) < 4.78 is 13.3. The molecule has 2 nitrogen and oxygen atoms in total. The molecule has 2 aromatic carbocycles. The summed E-state index contributed by atoms with van der Waals surface area (Å²) in [6.45, 7) is 0. The van der Waals surface area contributed by atoms with E-state index >= 15 is 0 Å². The molecule has 0 aliphatic heterocycles. The van der Waals surface area contributed by atoms with Gasteiger partial charge < -0.3 is 4.98 Å². The summed E-state index contributed by atoms with van der Waals surface area (Å²) in [5.74, 6) is -0.342. The molecule has 0 saturated carbocycles. The maximum Gasteiger partial charge on any atom is 0.152 e. The highest BCUT2D eigenvalue weighted by molar-refractivity contribution is 6.31. The van der Waals surface area contributed by atoms with Gasteiger partial charge in [-0.25, -0.2) is 4.39 Å². The van der Waals surface area contributed by atoms with Crippen molar-refractivity contribution in [1.29, 1.82) is 0 Å². The number of hydrogen-bond donors (Lipinski definition) is 1.